The number of nitriles is 4. The molecule has 0 saturated heterocycles. The number of nitrogens with zero attached hydrogens (tertiary/aromatic N) is 6. The van der Waals surface area contributed by atoms with Gasteiger partial charge in [0.2, 0.25) is 11.8 Å². The van der Waals surface area contributed by atoms with Crippen molar-refractivity contribution in [2.24, 2.45) is 11.8 Å². The van der Waals surface area contributed by atoms with Gasteiger partial charge in [-0.3, -0.25) is 0 Å². The summed E-state index contributed by atoms with van der Waals surface area (Å²) in [5.41, 5.74) is 0. The third-order valence-corrected chi connectivity index (χ3v) is 4.71. The van der Waals surface area contributed by atoms with Crippen molar-refractivity contribution in [1.82, 2.24) is 0 Å². The fourth-order valence-corrected chi connectivity index (χ4v) is 2.85. The lowest BCUT2D eigenvalue weighted by Gasteiger charge is -2.37. The van der Waals surface area contributed by atoms with Crippen LogP contribution in [0.3, 0.4) is 0 Å². The Morgan fingerprint density at radius 1 is 0.794 bits per heavy atom. The topological polar surface area (TPSA) is 174 Å². The number of carbonyl (C=O) groups excluding carboxylic acids is 3. The molecular weight excluding hydrogens is 444 g/mol. The fraction of sp³-hybridized carbons (Fsp3) is 0.591. The molecule has 34 heavy (non-hydrogen) atoms. The molecule has 12 heteroatoms. The van der Waals surface area contributed by atoms with Crippen LogP contribution in [-0.4, -0.2) is 101 Å². The molecule has 0 radical (unpaired) electrons. The van der Waals surface area contributed by atoms with Crippen molar-refractivity contribution in [3.8, 4) is 24.3 Å². The third kappa shape index (κ3) is 11.6. The van der Waals surface area contributed by atoms with Crippen molar-refractivity contribution in [2.45, 2.75) is 6.10 Å². The average Bonchev–Trinajstić information content (AvgIpc) is 2.74. The Bertz CT molecular complexity index is 826. The zero-order valence-electron chi connectivity index (χ0n) is 19.9. The summed E-state index contributed by atoms with van der Waals surface area (Å²) in [5.74, 6) is -5.41. The highest BCUT2D eigenvalue weighted by Gasteiger charge is 2.32. The number of carbonyl (C=O) groups is 3. The molecule has 0 atom stereocenters. The molecule has 0 fully saturated rings. The summed E-state index contributed by atoms with van der Waals surface area (Å²) in [7, 11) is 7.33. The van der Waals surface area contributed by atoms with Gasteiger partial charge in [-0.05, 0) is 0 Å². The first-order valence-corrected chi connectivity index (χ1v) is 10.2. The summed E-state index contributed by atoms with van der Waals surface area (Å²) in [6, 6.07) is 6.20. The van der Waals surface area contributed by atoms with Gasteiger partial charge in [-0.25, -0.2) is 14.4 Å². The summed E-state index contributed by atoms with van der Waals surface area (Å²) < 4.78 is 16.1. The molecule has 0 spiro atoms. The summed E-state index contributed by atoms with van der Waals surface area (Å²) in [4.78, 5) is 35.2. The van der Waals surface area contributed by atoms with Crippen LogP contribution in [0.1, 0.15) is 0 Å². The first-order valence-electron chi connectivity index (χ1n) is 10.2. The molecule has 0 N–H and O–H groups in total. The zero-order valence-corrected chi connectivity index (χ0v) is 19.9. The Morgan fingerprint density at radius 3 is 1.44 bits per heavy atom. The molecule has 0 saturated carbocycles. The quantitative estimate of drug-likeness (QED) is 0.140. The largest absolute Gasteiger partial charge is 0.458 e. The lowest BCUT2D eigenvalue weighted by atomic mass is 10.2. The van der Waals surface area contributed by atoms with E-state index in [-0.39, 0.29) is 22.2 Å². The Kier molecular flexibility index (Phi) is 12.6. The smallest absolute Gasteiger partial charge is 0.338 e. The molecule has 0 heterocycles. The van der Waals surface area contributed by atoms with Gasteiger partial charge < -0.3 is 23.2 Å². The predicted molar refractivity (Wildman–Crippen MR) is 115 cm³/mol. The number of esters is 3. The summed E-state index contributed by atoms with van der Waals surface area (Å²) >= 11 is 0. The molecule has 0 aliphatic carbocycles. The second-order valence-corrected chi connectivity index (χ2v) is 8.66. The normalized spacial score (nSPS) is 11.0. The van der Waals surface area contributed by atoms with Gasteiger partial charge in [0.25, 0.3) is 0 Å². The number of likely N-dealkylation sites (N-methyl/N-ethyl adjacent to an activating group) is 2. The van der Waals surface area contributed by atoms with Gasteiger partial charge in [-0.15, -0.1) is 0 Å². The lowest BCUT2D eigenvalue weighted by Crippen LogP contribution is -2.55. The van der Waals surface area contributed by atoms with Crippen LogP contribution in [0.25, 0.3) is 0 Å². The van der Waals surface area contributed by atoms with Crippen molar-refractivity contribution in [3.63, 3.8) is 0 Å². The standard InChI is InChI=1S/C22H30N6O6/c1-6-20(29)34-19(15-27(2,3)7-9-32-21(30)17(11-23)12-24)16-28(4,5)8-10-33-22(31)18(13-25)14-26/h6,17-19H,1,7-10,15-16H2,2-5H3/q+2. The molecule has 182 valence electrons. The Morgan fingerprint density at radius 2 is 1.15 bits per heavy atom. The van der Waals surface area contributed by atoms with Crippen LogP contribution in [-0.2, 0) is 28.6 Å². The number of rotatable bonds is 14. The maximum absolute atomic E-state index is 11.9. The maximum atomic E-state index is 11.9. The minimum absolute atomic E-state index is 0.0407. The van der Waals surface area contributed by atoms with E-state index in [1.165, 1.54) is 0 Å². The van der Waals surface area contributed by atoms with Crippen LogP contribution in [0.15, 0.2) is 12.7 Å². The molecule has 12 nitrogen and oxygen atoms in total. The molecule has 0 aliphatic rings. The molecule has 0 aromatic heterocycles. The van der Waals surface area contributed by atoms with Crippen molar-refractivity contribution in [3.05, 3.63) is 12.7 Å². The molecule has 0 rings (SSSR count). The highest BCUT2D eigenvalue weighted by atomic mass is 16.5. The van der Waals surface area contributed by atoms with Gasteiger partial charge in [0, 0.05) is 6.08 Å². The lowest BCUT2D eigenvalue weighted by molar-refractivity contribution is -0.914. The molecular formula is C22H30N6O6+2. The van der Waals surface area contributed by atoms with Crippen LogP contribution in [0, 0.1) is 57.2 Å². The molecule has 0 amide bonds. The predicted octanol–water partition coefficient (Wildman–Crippen LogP) is -0.350. The monoisotopic (exact) mass is 474 g/mol. The second-order valence-electron chi connectivity index (χ2n) is 8.66. The first kappa shape index (κ1) is 30.0. The number of ether oxygens (including phenoxy) is 3. The van der Waals surface area contributed by atoms with Crippen LogP contribution in [0.5, 0.6) is 0 Å². The summed E-state index contributed by atoms with van der Waals surface area (Å²) in [5, 5.41) is 35.0. The maximum Gasteiger partial charge on any atom is 0.338 e. The van der Waals surface area contributed by atoms with Crippen LogP contribution in [0.4, 0.5) is 0 Å². The van der Waals surface area contributed by atoms with Gasteiger partial charge in [-0.1, -0.05) is 6.58 Å². The number of quaternary nitrogens is 2. The molecule has 0 aromatic carbocycles. The van der Waals surface area contributed by atoms with E-state index in [4.69, 9.17) is 35.3 Å². The van der Waals surface area contributed by atoms with Crippen molar-refractivity contribution in [2.75, 3.05) is 67.6 Å². The van der Waals surface area contributed by atoms with Gasteiger partial charge in [0.05, 0.1) is 52.5 Å². The molecule has 0 aliphatic heterocycles. The van der Waals surface area contributed by atoms with Crippen molar-refractivity contribution < 1.29 is 37.6 Å². The highest BCUT2D eigenvalue weighted by molar-refractivity contribution is 5.81. The SMILES string of the molecule is C=CC(=O)OC(C[N+](C)(C)CCOC(=O)C(C#N)C#N)C[N+](C)(C)CCOC(=O)C(C#N)C#N. The zero-order chi connectivity index (χ0) is 26.4. The van der Waals surface area contributed by atoms with Crippen LogP contribution < -0.4 is 0 Å². The van der Waals surface area contributed by atoms with Crippen LogP contribution >= 0.6 is 0 Å². The van der Waals surface area contributed by atoms with Gasteiger partial charge in [-0.2, -0.15) is 21.0 Å². The van der Waals surface area contributed by atoms with E-state index < -0.39 is 35.8 Å². The van der Waals surface area contributed by atoms with Crippen molar-refractivity contribution in [1.29, 1.82) is 21.0 Å². The first-order chi connectivity index (χ1) is 15.8. The summed E-state index contributed by atoms with van der Waals surface area (Å²) in [6.45, 7) is 4.65. The van der Waals surface area contributed by atoms with E-state index in [1.54, 1.807) is 24.3 Å². The number of hydrogen-bond acceptors (Lipinski definition) is 10. The minimum atomic E-state index is -1.49. The van der Waals surface area contributed by atoms with Gasteiger partial charge >= 0.3 is 17.9 Å². The molecule has 0 unspecified atom stereocenters. The third-order valence-electron chi connectivity index (χ3n) is 4.71. The highest BCUT2D eigenvalue weighted by Crippen LogP contribution is 2.10. The van der Waals surface area contributed by atoms with E-state index >= 15 is 0 Å². The minimum Gasteiger partial charge on any atom is -0.458 e. The van der Waals surface area contributed by atoms with E-state index in [0.717, 1.165) is 6.08 Å². The Hall–Kier alpha value is -3.97. The van der Waals surface area contributed by atoms with Gasteiger partial charge in [0.15, 0.2) is 6.10 Å². The summed E-state index contributed by atoms with van der Waals surface area (Å²) in [6.07, 6.45) is 0.462. The van der Waals surface area contributed by atoms with Crippen molar-refractivity contribution >= 4 is 17.9 Å². The fourth-order valence-electron chi connectivity index (χ4n) is 2.85. The van der Waals surface area contributed by atoms with E-state index in [9.17, 15) is 14.4 Å². The second kappa shape index (κ2) is 14.2. The Labute approximate surface area is 199 Å². The van der Waals surface area contributed by atoms with Crippen LogP contribution in [0.2, 0.25) is 0 Å². The van der Waals surface area contributed by atoms with E-state index in [2.05, 4.69) is 6.58 Å². The average molecular weight is 475 g/mol. The van der Waals surface area contributed by atoms with Gasteiger partial charge in [0.1, 0.15) is 39.4 Å². The Balaban J connectivity index is 5.05. The molecule has 0 aromatic rings. The van der Waals surface area contributed by atoms with E-state index in [1.807, 2.05) is 28.2 Å². The number of hydrogen-bond donors (Lipinski definition) is 0. The van der Waals surface area contributed by atoms with E-state index in [0.29, 0.717) is 26.2 Å². The molecule has 0 bridgehead atoms.